The molecule has 3 nitrogen and oxygen atoms in total. The highest BCUT2D eigenvalue weighted by Crippen LogP contribution is 2.22. The van der Waals surface area contributed by atoms with E-state index in [-0.39, 0.29) is 5.92 Å². The van der Waals surface area contributed by atoms with Gasteiger partial charge in [-0.3, -0.25) is 4.79 Å². The quantitative estimate of drug-likeness (QED) is 0.885. The molecule has 0 amide bonds. The van der Waals surface area contributed by atoms with Gasteiger partial charge in [0.1, 0.15) is 11.5 Å². The number of ether oxygens (including phenoxy) is 1. The van der Waals surface area contributed by atoms with Gasteiger partial charge in [0.15, 0.2) is 0 Å². The molecule has 0 saturated carbocycles. The molecular weight excluding hydrogens is 238 g/mol. The summed E-state index contributed by atoms with van der Waals surface area (Å²) in [5.74, 6) is 1.45. The van der Waals surface area contributed by atoms with Gasteiger partial charge in [-0.15, -0.1) is 0 Å². The lowest BCUT2D eigenvalue weighted by Crippen LogP contribution is -2.34. The van der Waals surface area contributed by atoms with Crippen molar-refractivity contribution in [2.75, 3.05) is 19.7 Å². The van der Waals surface area contributed by atoms with E-state index in [0.717, 1.165) is 42.8 Å². The molecule has 1 aliphatic rings. The second kappa shape index (κ2) is 6.71. The molecule has 104 valence electrons. The molecule has 1 heterocycles. The summed E-state index contributed by atoms with van der Waals surface area (Å²) in [7, 11) is 0. The zero-order chi connectivity index (χ0) is 13.7. The maximum Gasteiger partial charge on any atom is 0.140 e. The topological polar surface area (TPSA) is 38.3 Å². The Kier molecular flexibility index (Phi) is 4.97. The number of Topliss-reactive ketones (excluding diaryl/α,β-unsaturated/α-hetero) is 1. The van der Waals surface area contributed by atoms with E-state index < -0.39 is 0 Å². The normalized spacial score (nSPS) is 19.2. The molecule has 1 fully saturated rings. The largest absolute Gasteiger partial charge is 0.493 e. The van der Waals surface area contributed by atoms with E-state index in [1.54, 1.807) is 0 Å². The fourth-order valence-corrected chi connectivity index (χ4v) is 2.61. The first kappa shape index (κ1) is 14.1. The van der Waals surface area contributed by atoms with E-state index in [9.17, 15) is 4.79 Å². The van der Waals surface area contributed by atoms with Gasteiger partial charge >= 0.3 is 0 Å². The van der Waals surface area contributed by atoms with Gasteiger partial charge in [0, 0.05) is 18.9 Å². The average molecular weight is 261 g/mol. The molecule has 0 radical (unpaired) electrons. The molecule has 0 bridgehead atoms. The molecule has 0 spiro atoms. The van der Waals surface area contributed by atoms with E-state index >= 15 is 0 Å². The molecule has 19 heavy (non-hydrogen) atoms. The van der Waals surface area contributed by atoms with Crippen molar-refractivity contribution in [1.82, 2.24) is 5.32 Å². The number of rotatable bonds is 5. The SMILES string of the molecule is Cc1cccc(C)c1OCCC(=O)C1CCCNC1. The van der Waals surface area contributed by atoms with Gasteiger partial charge in [-0.05, 0) is 44.4 Å². The average Bonchev–Trinajstić information content (AvgIpc) is 2.43. The van der Waals surface area contributed by atoms with Crippen molar-refractivity contribution in [3.8, 4) is 5.75 Å². The van der Waals surface area contributed by atoms with E-state index in [4.69, 9.17) is 4.74 Å². The zero-order valence-electron chi connectivity index (χ0n) is 11.9. The van der Waals surface area contributed by atoms with Crippen molar-refractivity contribution < 1.29 is 9.53 Å². The zero-order valence-corrected chi connectivity index (χ0v) is 11.9. The van der Waals surface area contributed by atoms with Crippen LogP contribution in [0.4, 0.5) is 0 Å². The van der Waals surface area contributed by atoms with Crippen molar-refractivity contribution in [3.63, 3.8) is 0 Å². The number of ketones is 1. The van der Waals surface area contributed by atoms with Crippen molar-refractivity contribution in [3.05, 3.63) is 29.3 Å². The van der Waals surface area contributed by atoms with E-state index in [1.165, 1.54) is 0 Å². The summed E-state index contributed by atoms with van der Waals surface area (Å²) in [6, 6.07) is 6.10. The number of hydrogen-bond donors (Lipinski definition) is 1. The number of aryl methyl sites for hydroxylation is 2. The minimum atomic E-state index is 0.190. The third-order valence-electron chi connectivity index (χ3n) is 3.76. The Morgan fingerprint density at radius 1 is 1.37 bits per heavy atom. The van der Waals surface area contributed by atoms with Gasteiger partial charge in [-0.2, -0.15) is 0 Å². The predicted molar refractivity (Wildman–Crippen MR) is 76.6 cm³/mol. The van der Waals surface area contributed by atoms with Crippen LogP contribution in [-0.2, 0) is 4.79 Å². The molecule has 1 unspecified atom stereocenters. The molecule has 1 aromatic rings. The number of para-hydroxylation sites is 1. The first-order valence-corrected chi connectivity index (χ1v) is 7.11. The lowest BCUT2D eigenvalue weighted by atomic mass is 9.94. The molecule has 3 heteroatoms. The lowest BCUT2D eigenvalue weighted by molar-refractivity contribution is -0.123. The molecule has 1 N–H and O–H groups in total. The predicted octanol–water partition coefficient (Wildman–Crippen LogP) is 2.64. The van der Waals surface area contributed by atoms with Crippen LogP contribution in [0.15, 0.2) is 18.2 Å². The summed E-state index contributed by atoms with van der Waals surface area (Å²) >= 11 is 0. The first-order chi connectivity index (χ1) is 9.18. The van der Waals surface area contributed by atoms with Crippen LogP contribution >= 0.6 is 0 Å². The Labute approximate surface area is 115 Å². The van der Waals surface area contributed by atoms with Crippen LogP contribution < -0.4 is 10.1 Å². The van der Waals surface area contributed by atoms with E-state index in [2.05, 4.69) is 5.32 Å². The van der Waals surface area contributed by atoms with Gasteiger partial charge in [0.25, 0.3) is 0 Å². The third-order valence-corrected chi connectivity index (χ3v) is 3.76. The number of nitrogens with one attached hydrogen (secondary N) is 1. The van der Waals surface area contributed by atoms with Gasteiger partial charge in [0.2, 0.25) is 0 Å². The lowest BCUT2D eigenvalue weighted by Gasteiger charge is -2.21. The Morgan fingerprint density at radius 2 is 2.11 bits per heavy atom. The fraction of sp³-hybridized carbons (Fsp3) is 0.562. The molecule has 0 aromatic heterocycles. The monoisotopic (exact) mass is 261 g/mol. The second-order valence-corrected chi connectivity index (χ2v) is 5.33. The first-order valence-electron chi connectivity index (χ1n) is 7.11. The number of benzene rings is 1. The van der Waals surface area contributed by atoms with E-state index in [1.807, 2.05) is 32.0 Å². The summed E-state index contributed by atoms with van der Waals surface area (Å²) in [4.78, 5) is 12.0. The fourth-order valence-electron chi connectivity index (χ4n) is 2.61. The van der Waals surface area contributed by atoms with Crippen LogP contribution in [-0.4, -0.2) is 25.5 Å². The molecular formula is C16H23NO2. The number of hydrogen-bond acceptors (Lipinski definition) is 3. The van der Waals surface area contributed by atoms with Crippen LogP contribution in [0, 0.1) is 19.8 Å². The summed E-state index contributed by atoms with van der Waals surface area (Å²) < 4.78 is 5.79. The summed E-state index contributed by atoms with van der Waals surface area (Å²) in [6.45, 7) is 6.44. The third kappa shape index (κ3) is 3.80. The van der Waals surface area contributed by atoms with Crippen LogP contribution in [0.5, 0.6) is 5.75 Å². The Morgan fingerprint density at radius 3 is 2.74 bits per heavy atom. The summed E-state index contributed by atoms with van der Waals surface area (Å²) in [5, 5.41) is 3.28. The van der Waals surface area contributed by atoms with Crippen LogP contribution in [0.25, 0.3) is 0 Å². The highest BCUT2D eigenvalue weighted by atomic mass is 16.5. The molecule has 1 atom stereocenters. The van der Waals surface area contributed by atoms with Gasteiger partial charge < -0.3 is 10.1 Å². The number of carbonyl (C=O) groups excluding carboxylic acids is 1. The highest BCUT2D eigenvalue weighted by molar-refractivity contribution is 5.81. The maximum absolute atomic E-state index is 12.0. The number of piperidine rings is 1. The van der Waals surface area contributed by atoms with Crippen LogP contribution in [0.3, 0.4) is 0 Å². The van der Waals surface area contributed by atoms with Gasteiger partial charge in [-0.25, -0.2) is 0 Å². The molecule has 1 saturated heterocycles. The maximum atomic E-state index is 12.0. The molecule has 1 aromatic carbocycles. The van der Waals surface area contributed by atoms with Gasteiger partial charge in [-0.1, -0.05) is 18.2 Å². The Balaban J connectivity index is 1.81. The van der Waals surface area contributed by atoms with Crippen LogP contribution in [0.1, 0.15) is 30.4 Å². The standard InChI is InChI=1S/C16H23NO2/c1-12-5-3-6-13(2)16(12)19-10-8-15(18)14-7-4-9-17-11-14/h3,5-6,14,17H,4,7-11H2,1-2H3. The van der Waals surface area contributed by atoms with Crippen LogP contribution in [0.2, 0.25) is 0 Å². The van der Waals surface area contributed by atoms with Crippen molar-refractivity contribution in [2.24, 2.45) is 5.92 Å². The number of carbonyl (C=O) groups is 1. The molecule has 1 aliphatic heterocycles. The second-order valence-electron chi connectivity index (χ2n) is 5.33. The van der Waals surface area contributed by atoms with Gasteiger partial charge in [0.05, 0.1) is 6.61 Å². The molecule has 2 rings (SSSR count). The Hall–Kier alpha value is -1.35. The Bertz CT molecular complexity index is 416. The minimum absolute atomic E-state index is 0.190. The smallest absolute Gasteiger partial charge is 0.140 e. The van der Waals surface area contributed by atoms with Crippen molar-refractivity contribution in [1.29, 1.82) is 0 Å². The summed E-state index contributed by atoms with van der Waals surface area (Å²) in [6.07, 6.45) is 2.64. The minimum Gasteiger partial charge on any atom is -0.493 e. The van der Waals surface area contributed by atoms with E-state index in [0.29, 0.717) is 18.8 Å². The van der Waals surface area contributed by atoms with Crippen molar-refractivity contribution in [2.45, 2.75) is 33.1 Å². The summed E-state index contributed by atoms with van der Waals surface area (Å²) in [5.41, 5.74) is 2.26. The van der Waals surface area contributed by atoms with Crippen molar-refractivity contribution >= 4 is 5.78 Å². The molecule has 0 aliphatic carbocycles. The highest BCUT2D eigenvalue weighted by Gasteiger charge is 2.20.